The quantitative estimate of drug-likeness (QED) is 0.620. The fourth-order valence-electron chi connectivity index (χ4n) is 2.41. The summed E-state index contributed by atoms with van der Waals surface area (Å²) in [5.74, 6) is 0.0806. The van der Waals surface area contributed by atoms with E-state index in [0.717, 1.165) is 17.7 Å². The average molecular weight is 387 g/mol. The van der Waals surface area contributed by atoms with Gasteiger partial charge in [-0.1, -0.05) is 48.3 Å². The van der Waals surface area contributed by atoms with Gasteiger partial charge in [0, 0.05) is 33.8 Å². The van der Waals surface area contributed by atoms with Crippen LogP contribution in [0.3, 0.4) is 0 Å². The highest BCUT2D eigenvalue weighted by Crippen LogP contribution is 2.24. The van der Waals surface area contributed by atoms with E-state index in [4.69, 9.17) is 23.2 Å². The van der Waals surface area contributed by atoms with Crippen molar-refractivity contribution in [3.63, 3.8) is 0 Å². The summed E-state index contributed by atoms with van der Waals surface area (Å²) in [6, 6.07) is 12.7. The molecule has 7 heteroatoms. The van der Waals surface area contributed by atoms with Crippen molar-refractivity contribution in [2.75, 3.05) is 10.6 Å². The van der Waals surface area contributed by atoms with Gasteiger partial charge in [-0.3, -0.25) is 4.79 Å². The maximum Gasteiger partial charge on any atom is 0.258 e. The third kappa shape index (κ3) is 4.50. The molecule has 0 radical (unpaired) electrons. The van der Waals surface area contributed by atoms with Crippen LogP contribution in [0.2, 0.25) is 10.0 Å². The number of nitrogens with zero attached hydrogens (tertiary/aromatic N) is 2. The highest BCUT2D eigenvalue weighted by Gasteiger charge is 2.10. The summed E-state index contributed by atoms with van der Waals surface area (Å²) < 4.78 is 0. The molecule has 5 nitrogen and oxygen atoms in total. The van der Waals surface area contributed by atoms with Gasteiger partial charge in [-0.2, -0.15) is 0 Å². The van der Waals surface area contributed by atoms with Gasteiger partial charge in [-0.05, 0) is 36.2 Å². The number of hydrogen-bond donors (Lipinski definition) is 2. The first kappa shape index (κ1) is 18.2. The van der Waals surface area contributed by atoms with E-state index in [1.54, 1.807) is 18.2 Å². The number of nitrogens with one attached hydrogen (secondary N) is 2. The Balaban J connectivity index is 1.71. The molecular weight excluding hydrogens is 371 g/mol. The molecule has 3 aromatic rings. The van der Waals surface area contributed by atoms with Crippen molar-refractivity contribution < 1.29 is 4.79 Å². The van der Waals surface area contributed by atoms with Crippen molar-refractivity contribution in [3.05, 3.63) is 76.0 Å². The second-order valence-corrected chi connectivity index (χ2v) is 6.42. The minimum atomic E-state index is -0.261. The number of carbonyl (C=O) groups excluding carboxylic acids is 1. The molecule has 2 N–H and O–H groups in total. The smallest absolute Gasteiger partial charge is 0.258 e. The Kier molecular flexibility index (Phi) is 5.71. The zero-order valence-electron chi connectivity index (χ0n) is 14.0. The van der Waals surface area contributed by atoms with E-state index in [1.165, 1.54) is 12.4 Å². The van der Waals surface area contributed by atoms with Gasteiger partial charge < -0.3 is 10.6 Å². The molecule has 0 aliphatic rings. The van der Waals surface area contributed by atoms with Crippen LogP contribution in [0.15, 0.2) is 54.9 Å². The third-order valence-electron chi connectivity index (χ3n) is 3.68. The first-order chi connectivity index (χ1) is 12.5. The summed E-state index contributed by atoms with van der Waals surface area (Å²) in [4.78, 5) is 20.7. The van der Waals surface area contributed by atoms with Gasteiger partial charge in [-0.25, -0.2) is 9.97 Å². The predicted molar refractivity (Wildman–Crippen MR) is 106 cm³/mol. The van der Waals surface area contributed by atoms with E-state index in [2.05, 4.69) is 20.6 Å². The molecule has 132 valence electrons. The number of hydrogen-bond acceptors (Lipinski definition) is 4. The van der Waals surface area contributed by atoms with Crippen molar-refractivity contribution in [2.24, 2.45) is 0 Å². The van der Waals surface area contributed by atoms with E-state index in [0.29, 0.717) is 27.2 Å². The number of halogens is 2. The van der Waals surface area contributed by atoms with Gasteiger partial charge in [0.1, 0.15) is 0 Å². The fourth-order valence-corrected chi connectivity index (χ4v) is 2.94. The van der Waals surface area contributed by atoms with Crippen LogP contribution < -0.4 is 10.6 Å². The molecule has 3 rings (SSSR count). The third-order valence-corrected chi connectivity index (χ3v) is 4.12. The Morgan fingerprint density at radius 3 is 2.35 bits per heavy atom. The van der Waals surface area contributed by atoms with Crippen molar-refractivity contribution >= 4 is 46.4 Å². The molecule has 0 unspecified atom stereocenters. The second-order valence-electron chi connectivity index (χ2n) is 5.54. The number of rotatable bonds is 5. The predicted octanol–water partition coefficient (Wildman–Crippen LogP) is 5.34. The first-order valence-corrected chi connectivity index (χ1v) is 8.75. The normalized spacial score (nSPS) is 10.4. The number of amides is 1. The van der Waals surface area contributed by atoms with E-state index in [9.17, 15) is 4.79 Å². The number of benzene rings is 2. The highest BCUT2D eigenvalue weighted by atomic mass is 35.5. The molecule has 2 aromatic carbocycles. The molecular formula is C19H16Cl2N4O. The van der Waals surface area contributed by atoms with Crippen LogP contribution in [0.4, 0.5) is 17.3 Å². The number of anilines is 3. The summed E-state index contributed by atoms with van der Waals surface area (Å²) >= 11 is 11.9. The summed E-state index contributed by atoms with van der Waals surface area (Å²) in [6.07, 6.45) is 3.76. The molecule has 0 aliphatic carbocycles. The van der Waals surface area contributed by atoms with Gasteiger partial charge >= 0.3 is 0 Å². The Morgan fingerprint density at radius 2 is 1.69 bits per heavy atom. The topological polar surface area (TPSA) is 66.9 Å². The maximum absolute atomic E-state index is 12.4. The van der Waals surface area contributed by atoms with Crippen molar-refractivity contribution in [1.29, 1.82) is 0 Å². The zero-order valence-corrected chi connectivity index (χ0v) is 15.5. The average Bonchev–Trinajstić information content (AvgIpc) is 2.62. The SMILES string of the molecule is CCc1ccccc1NC(=O)c1cnc(Nc2cc(Cl)cc(Cl)c2)nc1. The summed E-state index contributed by atoms with van der Waals surface area (Å²) in [5.41, 5.74) is 2.89. The van der Waals surface area contributed by atoms with E-state index in [-0.39, 0.29) is 5.91 Å². The molecule has 1 heterocycles. The van der Waals surface area contributed by atoms with Crippen LogP contribution in [0.25, 0.3) is 0 Å². The summed E-state index contributed by atoms with van der Waals surface area (Å²) in [7, 11) is 0. The Morgan fingerprint density at radius 1 is 1.04 bits per heavy atom. The lowest BCUT2D eigenvalue weighted by Crippen LogP contribution is -2.14. The number of aromatic nitrogens is 2. The molecule has 0 spiro atoms. The molecule has 1 amide bonds. The van der Waals surface area contributed by atoms with Gasteiger partial charge in [-0.15, -0.1) is 0 Å². The molecule has 26 heavy (non-hydrogen) atoms. The molecule has 1 aromatic heterocycles. The monoisotopic (exact) mass is 386 g/mol. The molecule has 0 saturated heterocycles. The Hall–Kier alpha value is -2.63. The van der Waals surface area contributed by atoms with E-state index in [1.807, 2.05) is 31.2 Å². The second kappa shape index (κ2) is 8.17. The molecule has 0 atom stereocenters. The van der Waals surface area contributed by atoms with Crippen LogP contribution in [-0.2, 0) is 6.42 Å². The minimum absolute atomic E-state index is 0.261. The van der Waals surface area contributed by atoms with Crippen LogP contribution >= 0.6 is 23.2 Å². The van der Waals surface area contributed by atoms with Gasteiger partial charge in [0.2, 0.25) is 5.95 Å². The van der Waals surface area contributed by atoms with E-state index < -0.39 is 0 Å². The minimum Gasteiger partial charge on any atom is -0.324 e. The van der Waals surface area contributed by atoms with Gasteiger partial charge in [0.15, 0.2) is 0 Å². The lowest BCUT2D eigenvalue weighted by atomic mass is 10.1. The van der Waals surface area contributed by atoms with Crippen LogP contribution in [0.1, 0.15) is 22.8 Å². The molecule has 0 aliphatic heterocycles. The van der Waals surface area contributed by atoms with Gasteiger partial charge in [0.25, 0.3) is 5.91 Å². The number of aryl methyl sites for hydroxylation is 1. The molecule has 0 saturated carbocycles. The molecule has 0 bridgehead atoms. The lowest BCUT2D eigenvalue weighted by molar-refractivity contribution is 0.102. The molecule has 0 fully saturated rings. The lowest BCUT2D eigenvalue weighted by Gasteiger charge is -2.10. The number of para-hydroxylation sites is 1. The van der Waals surface area contributed by atoms with Crippen LogP contribution in [0, 0.1) is 0 Å². The standard InChI is InChI=1S/C19H16Cl2N4O/c1-2-12-5-3-4-6-17(12)25-18(26)13-10-22-19(23-11-13)24-16-8-14(20)7-15(21)9-16/h3-11H,2H2,1H3,(H,25,26)(H,22,23,24). The first-order valence-electron chi connectivity index (χ1n) is 7.99. The number of carbonyl (C=O) groups is 1. The van der Waals surface area contributed by atoms with Crippen molar-refractivity contribution in [2.45, 2.75) is 13.3 Å². The van der Waals surface area contributed by atoms with Crippen molar-refractivity contribution in [3.8, 4) is 0 Å². The maximum atomic E-state index is 12.4. The highest BCUT2D eigenvalue weighted by molar-refractivity contribution is 6.35. The zero-order chi connectivity index (χ0) is 18.5. The Bertz CT molecular complexity index is 909. The summed E-state index contributed by atoms with van der Waals surface area (Å²) in [5, 5.41) is 6.89. The van der Waals surface area contributed by atoms with E-state index >= 15 is 0 Å². The van der Waals surface area contributed by atoms with Crippen LogP contribution in [-0.4, -0.2) is 15.9 Å². The van der Waals surface area contributed by atoms with Gasteiger partial charge in [0.05, 0.1) is 5.56 Å². The fraction of sp³-hybridized carbons (Fsp3) is 0.105. The van der Waals surface area contributed by atoms with Crippen LogP contribution in [0.5, 0.6) is 0 Å². The van der Waals surface area contributed by atoms with Crippen molar-refractivity contribution in [1.82, 2.24) is 9.97 Å². The largest absolute Gasteiger partial charge is 0.324 e. The summed E-state index contributed by atoms with van der Waals surface area (Å²) in [6.45, 7) is 2.04. The Labute approximate surface area is 161 Å².